The molecule has 1 fully saturated rings. The molecule has 196 valence electrons. The molecule has 1 aliphatic heterocycles. The summed E-state index contributed by atoms with van der Waals surface area (Å²) in [6.07, 6.45) is -2.48. The molecule has 0 radical (unpaired) electrons. The van der Waals surface area contributed by atoms with Gasteiger partial charge in [-0.1, -0.05) is 18.2 Å². The molecule has 0 saturated carbocycles. The summed E-state index contributed by atoms with van der Waals surface area (Å²) in [5, 5.41) is 2.42. The largest absolute Gasteiger partial charge is 0.452 e. The number of aromatic nitrogens is 2. The maximum atomic E-state index is 13.5. The fourth-order valence-corrected chi connectivity index (χ4v) is 3.97. The summed E-state index contributed by atoms with van der Waals surface area (Å²) >= 11 is 0. The van der Waals surface area contributed by atoms with Crippen LogP contribution in [-0.2, 0) is 10.9 Å². The SMILES string of the molecule is CC(C)(C)OC(=O)N1CCC(c2ccc(NC(=O)c3nc(-c4ccccc4)oc3C(F)(F)F)cn2)CC1. The Balaban J connectivity index is 1.42. The minimum absolute atomic E-state index is 0.101. The molecule has 1 N–H and O–H groups in total. The quantitative estimate of drug-likeness (QED) is 0.449. The van der Waals surface area contributed by atoms with Crippen LogP contribution >= 0.6 is 0 Å². The second-order valence-corrected chi connectivity index (χ2v) is 9.73. The molecule has 1 saturated heterocycles. The topological polar surface area (TPSA) is 97.6 Å². The molecule has 0 atom stereocenters. The number of oxazole rings is 1. The van der Waals surface area contributed by atoms with Gasteiger partial charge in [0, 0.05) is 30.3 Å². The van der Waals surface area contributed by atoms with Crippen LogP contribution < -0.4 is 5.32 Å². The predicted octanol–water partition coefficient (Wildman–Crippen LogP) is 6.12. The van der Waals surface area contributed by atoms with Crippen molar-refractivity contribution in [1.29, 1.82) is 0 Å². The Morgan fingerprint density at radius 2 is 1.73 bits per heavy atom. The molecule has 11 heteroatoms. The van der Waals surface area contributed by atoms with E-state index in [4.69, 9.17) is 9.15 Å². The Kier molecular flexibility index (Phi) is 7.24. The van der Waals surface area contributed by atoms with Crippen LogP contribution in [0.25, 0.3) is 11.5 Å². The first-order valence-electron chi connectivity index (χ1n) is 11.8. The molecule has 0 unspecified atom stereocenters. The lowest BCUT2D eigenvalue weighted by molar-refractivity contribution is -0.153. The number of carbonyl (C=O) groups is 2. The van der Waals surface area contributed by atoms with Gasteiger partial charge >= 0.3 is 12.3 Å². The first-order valence-corrected chi connectivity index (χ1v) is 11.8. The van der Waals surface area contributed by atoms with E-state index < -0.39 is 29.1 Å². The van der Waals surface area contributed by atoms with Gasteiger partial charge in [-0.15, -0.1) is 0 Å². The van der Waals surface area contributed by atoms with Gasteiger partial charge in [0.05, 0.1) is 11.9 Å². The van der Waals surface area contributed by atoms with E-state index in [1.807, 2.05) is 20.8 Å². The van der Waals surface area contributed by atoms with E-state index in [1.165, 1.54) is 18.3 Å². The van der Waals surface area contributed by atoms with Gasteiger partial charge in [0.25, 0.3) is 5.91 Å². The van der Waals surface area contributed by atoms with Crippen molar-refractivity contribution in [2.45, 2.75) is 51.3 Å². The molecular weight excluding hydrogens is 489 g/mol. The summed E-state index contributed by atoms with van der Waals surface area (Å²) in [4.78, 5) is 34.8. The normalized spacial score (nSPS) is 14.9. The zero-order chi connectivity index (χ0) is 26.8. The van der Waals surface area contributed by atoms with E-state index >= 15 is 0 Å². The number of nitrogens with zero attached hydrogens (tertiary/aromatic N) is 3. The van der Waals surface area contributed by atoms with Gasteiger partial charge < -0.3 is 19.4 Å². The number of benzene rings is 1. The first kappa shape index (κ1) is 26.2. The van der Waals surface area contributed by atoms with Gasteiger partial charge in [0.2, 0.25) is 11.7 Å². The maximum Gasteiger partial charge on any atom is 0.452 e. The third-order valence-electron chi connectivity index (χ3n) is 5.73. The molecule has 37 heavy (non-hydrogen) atoms. The number of alkyl halides is 3. The second-order valence-electron chi connectivity index (χ2n) is 9.73. The Morgan fingerprint density at radius 3 is 2.30 bits per heavy atom. The fraction of sp³-hybridized carbons (Fsp3) is 0.385. The van der Waals surface area contributed by atoms with Crippen LogP contribution in [0.4, 0.5) is 23.7 Å². The van der Waals surface area contributed by atoms with Crippen molar-refractivity contribution < 1.29 is 31.9 Å². The number of ether oxygens (including phenoxy) is 1. The zero-order valence-electron chi connectivity index (χ0n) is 20.6. The van der Waals surface area contributed by atoms with Gasteiger partial charge in [-0.25, -0.2) is 9.78 Å². The van der Waals surface area contributed by atoms with Crippen molar-refractivity contribution in [2.75, 3.05) is 18.4 Å². The van der Waals surface area contributed by atoms with Crippen LogP contribution in [0.2, 0.25) is 0 Å². The molecule has 1 aromatic carbocycles. The Labute approximate surface area is 211 Å². The lowest BCUT2D eigenvalue weighted by atomic mass is 9.93. The number of pyridine rings is 1. The summed E-state index contributed by atoms with van der Waals surface area (Å²) in [7, 11) is 0. The Hall–Kier alpha value is -3.89. The van der Waals surface area contributed by atoms with E-state index in [2.05, 4.69) is 15.3 Å². The summed E-state index contributed by atoms with van der Waals surface area (Å²) < 4.78 is 50.9. The number of halogens is 3. The molecule has 0 aliphatic carbocycles. The average molecular weight is 517 g/mol. The van der Waals surface area contributed by atoms with E-state index in [-0.39, 0.29) is 23.6 Å². The number of hydrogen-bond acceptors (Lipinski definition) is 6. The molecule has 4 rings (SSSR count). The predicted molar refractivity (Wildman–Crippen MR) is 129 cm³/mol. The Morgan fingerprint density at radius 1 is 1.05 bits per heavy atom. The van der Waals surface area contributed by atoms with Crippen molar-refractivity contribution in [3.05, 3.63) is 65.8 Å². The average Bonchev–Trinajstić information content (AvgIpc) is 3.31. The number of rotatable bonds is 4. The number of carbonyl (C=O) groups excluding carboxylic acids is 2. The van der Waals surface area contributed by atoms with Gasteiger partial charge in [-0.05, 0) is 57.9 Å². The summed E-state index contributed by atoms with van der Waals surface area (Å²) in [5.74, 6) is -2.72. The molecule has 2 amide bonds. The van der Waals surface area contributed by atoms with Gasteiger partial charge in [0.1, 0.15) is 5.60 Å². The zero-order valence-corrected chi connectivity index (χ0v) is 20.6. The highest BCUT2D eigenvalue weighted by molar-refractivity contribution is 6.03. The van der Waals surface area contributed by atoms with Crippen LogP contribution in [-0.4, -0.2) is 45.6 Å². The molecular formula is C26H27F3N4O4. The minimum Gasteiger partial charge on any atom is -0.444 e. The monoisotopic (exact) mass is 516 g/mol. The molecule has 8 nitrogen and oxygen atoms in total. The first-order chi connectivity index (χ1) is 17.4. The third kappa shape index (κ3) is 6.46. The number of anilines is 1. The Bertz CT molecular complexity index is 1240. The highest BCUT2D eigenvalue weighted by Crippen LogP contribution is 2.35. The van der Waals surface area contributed by atoms with Crippen LogP contribution in [0.3, 0.4) is 0 Å². The van der Waals surface area contributed by atoms with Crippen LogP contribution in [0, 0.1) is 0 Å². The van der Waals surface area contributed by atoms with E-state index in [1.54, 1.807) is 35.2 Å². The van der Waals surface area contributed by atoms with Crippen LogP contribution in [0.5, 0.6) is 0 Å². The molecule has 0 spiro atoms. The number of amides is 2. The van der Waals surface area contributed by atoms with E-state index in [9.17, 15) is 22.8 Å². The number of piperidine rings is 1. The van der Waals surface area contributed by atoms with Crippen molar-refractivity contribution in [2.24, 2.45) is 0 Å². The molecule has 2 aromatic heterocycles. The van der Waals surface area contributed by atoms with E-state index in [0.29, 0.717) is 31.5 Å². The second kappa shape index (κ2) is 10.2. The molecule has 0 bridgehead atoms. The standard InChI is InChI=1S/C26H27F3N4O4/c1-25(2,3)37-24(35)33-13-11-16(12-14-33)19-10-9-18(15-30-19)31-22(34)20-21(26(27,28)29)36-23(32-20)17-7-5-4-6-8-17/h4-10,15-16H,11-14H2,1-3H3,(H,31,34). The highest BCUT2D eigenvalue weighted by atomic mass is 19.4. The van der Waals surface area contributed by atoms with Gasteiger partial charge in [0.15, 0.2) is 5.69 Å². The number of hydrogen-bond donors (Lipinski definition) is 1. The lowest BCUT2D eigenvalue weighted by Crippen LogP contribution is -2.41. The van der Waals surface area contributed by atoms with Crippen molar-refractivity contribution in [1.82, 2.24) is 14.9 Å². The lowest BCUT2D eigenvalue weighted by Gasteiger charge is -2.33. The van der Waals surface area contributed by atoms with E-state index in [0.717, 1.165) is 5.69 Å². The molecule has 3 heterocycles. The summed E-state index contributed by atoms with van der Waals surface area (Å²) in [6.45, 7) is 6.50. The highest BCUT2D eigenvalue weighted by Gasteiger charge is 2.42. The summed E-state index contributed by atoms with van der Waals surface area (Å²) in [6, 6.07) is 11.3. The minimum atomic E-state index is -4.90. The van der Waals surface area contributed by atoms with Crippen LogP contribution in [0.1, 0.15) is 61.5 Å². The smallest absolute Gasteiger partial charge is 0.444 e. The van der Waals surface area contributed by atoms with Crippen molar-refractivity contribution >= 4 is 17.7 Å². The maximum absolute atomic E-state index is 13.5. The fourth-order valence-electron chi connectivity index (χ4n) is 3.97. The van der Waals surface area contributed by atoms with Crippen molar-refractivity contribution in [3.8, 4) is 11.5 Å². The van der Waals surface area contributed by atoms with Crippen molar-refractivity contribution in [3.63, 3.8) is 0 Å². The third-order valence-corrected chi connectivity index (χ3v) is 5.73. The molecule has 1 aliphatic rings. The van der Waals surface area contributed by atoms with Crippen LogP contribution in [0.15, 0.2) is 53.1 Å². The summed E-state index contributed by atoms with van der Waals surface area (Å²) in [5.41, 5.74) is -0.116. The number of nitrogens with one attached hydrogen (secondary N) is 1. The van der Waals surface area contributed by atoms with Gasteiger partial charge in [-0.3, -0.25) is 9.78 Å². The molecule has 3 aromatic rings. The van der Waals surface area contributed by atoms with Gasteiger partial charge in [-0.2, -0.15) is 13.2 Å². The number of likely N-dealkylation sites (tertiary alicyclic amines) is 1.